The van der Waals surface area contributed by atoms with Gasteiger partial charge in [-0.2, -0.15) is 0 Å². The molecule has 1 heterocycles. The molecule has 0 unspecified atom stereocenters. The summed E-state index contributed by atoms with van der Waals surface area (Å²) in [4.78, 5) is 2.64. The first-order valence-corrected chi connectivity index (χ1v) is 5.77. The quantitative estimate of drug-likeness (QED) is 0.658. The third-order valence-corrected chi connectivity index (χ3v) is 4.12. The Morgan fingerprint density at radius 2 is 1.54 bits per heavy atom. The first-order valence-electron chi connectivity index (χ1n) is 5.77. The van der Waals surface area contributed by atoms with Crippen LogP contribution in [0.15, 0.2) is 0 Å². The van der Waals surface area contributed by atoms with Crippen LogP contribution >= 0.6 is 0 Å². The van der Waals surface area contributed by atoms with Gasteiger partial charge in [-0.3, -0.25) is 4.90 Å². The maximum Gasteiger partial charge on any atom is 0.0620 e. The highest BCUT2D eigenvalue weighted by molar-refractivity contribution is 4.95. The zero-order valence-corrected chi connectivity index (χ0v) is 8.15. The van der Waals surface area contributed by atoms with E-state index in [1.807, 2.05) is 0 Å². The predicted molar refractivity (Wildman–Crippen MR) is 51.4 cm³/mol. The van der Waals surface area contributed by atoms with E-state index >= 15 is 0 Å². The minimum atomic E-state index is 0.0312. The molecule has 2 atom stereocenters. The standard InChI is InChI=1S/C11H19NO/c13-11-8-2-1-3-9(11)7-12(6-8)10-4-5-10/h8-11,13H,1-7H2/t8-,9-/m1/s1. The number of nitrogens with zero attached hydrogens (tertiary/aromatic N) is 1. The van der Waals surface area contributed by atoms with E-state index in [1.165, 1.54) is 45.2 Å². The first-order chi connectivity index (χ1) is 6.34. The van der Waals surface area contributed by atoms with Crippen LogP contribution < -0.4 is 0 Å². The molecule has 2 nitrogen and oxygen atoms in total. The molecule has 0 aromatic rings. The van der Waals surface area contributed by atoms with E-state index in [1.54, 1.807) is 0 Å². The lowest BCUT2D eigenvalue weighted by molar-refractivity contribution is -0.0516. The number of likely N-dealkylation sites (tertiary alicyclic amines) is 1. The summed E-state index contributed by atoms with van der Waals surface area (Å²) in [6.07, 6.45) is 6.74. The molecule has 0 aromatic carbocycles. The van der Waals surface area contributed by atoms with Gasteiger partial charge in [0.15, 0.2) is 0 Å². The fourth-order valence-corrected chi connectivity index (χ4v) is 3.18. The third-order valence-electron chi connectivity index (χ3n) is 4.12. The topological polar surface area (TPSA) is 23.5 Å². The Kier molecular flexibility index (Phi) is 1.88. The summed E-state index contributed by atoms with van der Waals surface area (Å²) in [5.74, 6) is 1.21. The van der Waals surface area contributed by atoms with Crippen molar-refractivity contribution in [3.8, 4) is 0 Å². The summed E-state index contributed by atoms with van der Waals surface area (Å²) in [7, 11) is 0. The number of rotatable bonds is 1. The molecule has 0 radical (unpaired) electrons. The summed E-state index contributed by atoms with van der Waals surface area (Å²) in [5.41, 5.74) is 0. The summed E-state index contributed by atoms with van der Waals surface area (Å²) >= 11 is 0. The second kappa shape index (κ2) is 2.96. The Balaban J connectivity index is 1.72. The van der Waals surface area contributed by atoms with Gasteiger partial charge >= 0.3 is 0 Å². The lowest BCUT2D eigenvalue weighted by Gasteiger charge is -2.45. The van der Waals surface area contributed by atoms with Gasteiger partial charge in [0.2, 0.25) is 0 Å². The van der Waals surface area contributed by atoms with Crippen LogP contribution in [0.3, 0.4) is 0 Å². The third kappa shape index (κ3) is 1.40. The Bertz CT molecular complexity index is 188. The summed E-state index contributed by atoms with van der Waals surface area (Å²) in [6, 6.07) is 0.899. The largest absolute Gasteiger partial charge is 0.392 e. The van der Waals surface area contributed by atoms with E-state index in [0.29, 0.717) is 11.8 Å². The predicted octanol–water partition coefficient (Wildman–Crippen LogP) is 1.24. The molecule has 3 rings (SSSR count). The van der Waals surface area contributed by atoms with Crippen molar-refractivity contribution in [3.63, 3.8) is 0 Å². The van der Waals surface area contributed by atoms with Gasteiger partial charge in [0.25, 0.3) is 0 Å². The highest BCUT2D eigenvalue weighted by Crippen LogP contribution is 2.39. The van der Waals surface area contributed by atoms with Crippen molar-refractivity contribution in [2.75, 3.05) is 13.1 Å². The van der Waals surface area contributed by atoms with Gasteiger partial charge in [-0.1, -0.05) is 6.42 Å². The van der Waals surface area contributed by atoms with Crippen LogP contribution in [-0.2, 0) is 0 Å². The molecular weight excluding hydrogens is 162 g/mol. The van der Waals surface area contributed by atoms with Crippen LogP contribution in [0.25, 0.3) is 0 Å². The Hall–Kier alpha value is -0.0800. The zero-order chi connectivity index (χ0) is 8.84. The van der Waals surface area contributed by atoms with E-state index < -0.39 is 0 Å². The molecule has 2 aliphatic carbocycles. The summed E-state index contributed by atoms with van der Waals surface area (Å²) in [5, 5.41) is 9.98. The fraction of sp³-hybridized carbons (Fsp3) is 1.00. The van der Waals surface area contributed by atoms with Gasteiger partial charge in [0.05, 0.1) is 6.10 Å². The molecule has 2 heteroatoms. The van der Waals surface area contributed by atoms with E-state index in [4.69, 9.17) is 0 Å². The van der Waals surface area contributed by atoms with Crippen molar-refractivity contribution in [1.29, 1.82) is 0 Å². The summed E-state index contributed by atoms with van der Waals surface area (Å²) in [6.45, 7) is 2.37. The smallest absolute Gasteiger partial charge is 0.0620 e. The van der Waals surface area contributed by atoms with Crippen molar-refractivity contribution < 1.29 is 5.11 Å². The molecule has 2 saturated carbocycles. The average Bonchev–Trinajstić information content (AvgIpc) is 2.85. The second-order valence-corrected chi connectivity index (χ2v) is 5.13. The van der Waals surface area contributed by atoms with Crippen LogP contribution in [-0.4, -0.2) is 35.2 Å². The SMILES string of the molecule is OC1[C@@H]2CCC[C@@H]1CN(C1CC1)C2. The molecule has 0 amide bonds. The molecular formula is C11H19NO. The number of aliphatic hydroxyl groups excluding tert-OH is 1. The molecule has 0 aromatic heterocycles. The van der Waals surface area contributed by atoms with E-state index in [0.717, 1.165) is 6.04 Å². The lowest BCUT2D eigenvalue weighted by Crippen LogP contribution is -2.52. The summed E-state index contributed by atoms with van der Waals surface area (Å²) < 4.78 is 0. The molecule has 13 heavy (non-hydrogen) atoms. The Labute approximate surface area is 79.9 Å². The highest BCUT2D eigenvalue weighted by atomic mass is 16.3. The second-order valence-electron chi connectivity index (χ2n) is 5.13. The van der Waals surface area contributed by atoms with Crippen molar-refractivity contribution in [1.82, 2.24) is 4.90 Å². The maximum atomic E-state index is 9.98. The molecule has 1 aliphatic heterocycles. The van der Waals surface area contributed by atoms with Crippen molar-refractivity contribution in [2.24, 2.45) is 11.8 Å². The lowest BCUT2D eigenvalue weighted by atomic mass is 9.75. The van der Waals surface area contributed by atoms with Crippen LogP contribution in [0.2, 0.25) is 0 Å². The zero-order valence-electron chi connectivity index (χ0n) is 8.15. The van der Waals surface area contributed by atoms with Crippen molar-refractivity contribution in [2.45, 2.75) is 44.2 Å². The maximum absolute atomic E-state index is 9.98. The van der Waals surface area contributed by atoms with Gasteiger partial charge in [0.1, 0.15) is 0 Å². The van der Waals surface area contributed by atoms with E-state index in [9.17, 15) is 5.11 Å². The van der Waals surface area contributed by atoms with Gasteiger partial charge in [-0.25, -0.2) is 0 Å². The minimum Gasteiger partial charge on any atom is -0.392 e. The Morgan fingerprint density at radius 1 is 0.923 bits per heavy atom. The fourth-order valence-electron chi connectivity index (χ4n) is 3.18. The number of aliphatic hydroxyl groups is 1. The highest BCUT2D eigenvalue weighted by Gasteiger charge is 2.42. The van der Waals surface area contributed by atoms with Crippen molar-refractivity contribution in [3.05, 3.63) is 0 Å². The van der Waals surface area contributed by atoms with E-state index in [-0.39, 0.29) is 6.10 Å². The normalized spacial score (nSPS) is 46.4. The molecule has 74 valence electrons. The molecule has 3 fully saturated rings. The van der Waals surface area contributed by atoms with Gasteiger partial charge in [-0.05, 0) is 37.5 Å². The van der Waals surface area contributed by atoms with Gasteiger partial charge in [0, 0.05) is 19.1 Å². The van der Waals surface area contributed by atoms with Crippen LogP contribution in [0.5, 0.6) is 0 Å². The van der Waals surface area contributed by atoms with Crippen molar-refractivity contribution >= 4 is 0 Å². The number of hydrogen-bond acceptors (Lipinski definition) is 2. The van der Waals surface area contributed by atoms with Crippen LogP contribution in [0, 0.1) is 11.8 Å². The first kappa shape index (κ1) is 8.25. The molecule has 3 aliphatic rings. The van der Waals surface area contributed by atoms with Crippen LogP contribution in [0.1, 0.15) is 32.1 Å². The average molecular weight is 181 g/mol. The molecule has 2 bridgehead atoms. The monoisotopic (exact) mass is 181 g/mol. The van der Waals surface area contributed by atoms with E-state index in [2.05, 4.69) is 4.90 Å². The van der Waals surface area contributed by atoms with Gasteiger partial charge < -0.3 is 5.11 Å². The Morgan fingerprint density at radius 3 is 2.08 bits per heavy atom. The number of fused-ring (bicyclic) bond motifs is 2. The number of piperidine rings is 1. The van der Waals surface area contributed by atoms with Gasteiger partial charge in [-0.15, -0.1) is 0 Å². The number of hydrogen-bond donors (Lipinski definition) is 1. The molecule has 0 spiro atoms. The minimum absolute atomic E-state index is 0.0312. The molecule has 1 N–H and O–H groups in total. The van der Waals surface area contributed by atoms with Crippen LogP contribution in [0.4, 0.5) is 0 Å². The molecule has 1 saturated heterocycles.